The highest BCUT2D eigenvalue weighted by Gasteiger charge is 2.27. The van der Waals surface area contributed by atoms with Gasteiger partial charge in [-0.05, 0) is 48.0 Å². The van der Waals surface area contributed by atoms with Crippen LogP contribution >= 0.6 is 0 Å². The molecule has 3 aromatic rings. The summed E-state index contributed by atoms with van der Waals surface area (Å²) in [5.74, 6) is 0.727. The number of benzene rings is 3. The highest BCUT2D eigenvalue weighted by atomic mass is 16.5. The Kier molecular flexibility index (Phi) is 5.57. The molecule has 0 radical (unpaired) electrons. The van der Waals surface area contributed by atoms with Crippen molar-refractivity contribution in [2.75, 3.05) is 43.0 Å². The normalized spacial score (nSPS) is 17.1. The Hall–Kier alpha value is -4.06. The summed E-state index contributed by atoms with van der Waals surface area (Å²) in [4.78, 5) is 31.4. The largest absolute Gasteiger partial charge is 0.449 e. The topological polar surface area (TPSA) is 53.1 Å². The third kappa shape index (κ3) is 4.20. The molecule has 0 aromatic heterocycles. The summed E-state index contributed by atoms with van der Waals surface area (Å²) in [5, 5.41) is 0. The second kappa shape index (κ2) is 8.82. The van der Waals surface area contributed by atoms with Crippen LogP contribution in [0.5, 0.6) is 5.75 Å². The molecule has 33 heavy (non-hydrogen) atoms. The van der Waals surface area contributed by atoms with E-state index in [4.69, 9.17) is 4.74 Å². The van der Waals surface area contributed by atoms with Gasteiger partial charge < -0.3 is 19.4 Å². The monoisotopic (exact) mass is 439 g/mol. The maximum absolute atomic E-state index is 13.0. The van der Waals surface area contributed by atoms with Crippen molar-refractivity contribution in [3.05, 3.63) is 95.7 Å². The van der Waals surface area contributed by atoms with E-state index < -0.39 is 0 Å². The Morgan fingerprint density at radius 2 is 1.52 bits per heavy atom. The second-order valence-electron chi connectivity index (χ2n) is 8.18. The summed E-state index contributed by atoms with van der Waals surface area (Å²) >= 11 is 0. The Morgan fingerprint density at radius 1 is 0.848 bits per heavy atom. The first-order valence-electron chi connectivity index (χ1n) is 11.1. The number of hydrogen-bond acceptors (Lipinski definition) is 4. The van der Waals surface area contributed by atoms with Crippen LogP contribution in [0.25, 0.3) is 6.08 Å². The number of rotatable bonds is 3. The Bertz CT molecular complexity index is 1200. The molecule has 0 N–H and O–H groups in total. The molecule has 3 aromatic carbocycles. The first-order valence-corrected chi connectivity index (χ1v) is 11.1. The average Bonchev–Trinajstić information content (AvgIpc) is 2.88. The van der Waals surface area contributed by atoms with E-state index >= 15 is 0 Å². The Balaban J connectivity index is 1.25. The molecule has 2 aliphatic rings. The van der Waals surface area contributed by atoms with Gasteiger partial charge in [-0.2, -0.15) is 0 Å². The molecule has 0 spiro atoms. The smallest absolute Gasteiger partial charge is 0.293 e. The van der Waals surface area contributed by atoms with E-state index in [9.17, 15) is 9.59 Å². The van der Waals surface area contributed by atoms with Gasteiger partial charge in [-0.1, -0.05) is 42.5 Å². The number of fused-ring (bicyclic) bond motifs is 1. The van der Waals surface area contributed by atoms with Crippen molar-refractivity contribution in [2.45, 2.75) is 0 Å². The quantitative estimate of drug-likeness (QED) is 0.578. The van der Waals surface area contributed by atoms with E-state index in [1.165, 1.54) is 5.69 Å². The molecule has 5 rings (SSSR count). The summed E-state index contributed by atoms with van der Waals surface area (Å²) in [6.07, 6.45) is 1.71. The van der Waals surface area contributed by atoms with Crippen LogP contribution in [-0.4, -0.2) is 49.9 Å². The van der Waals surface area contributed by atoms with Crippen molar-refractivity contribution < 1.29 is 14.3 Å². The molecule has 0 aliphatic carbocycles. The Labute approximate surface area is 193 Å². The highest BCUT2D eigenvalue weighted by Crippen LogP contribution is 2.34. The van der Waals surface area contributed by atoms with Crippen LogP contribution in [0.3, 0.4) is 0 Å². The number of piperazine rings is 1. The van der Waals surface area contributed by atoms with Crippen molar-refractivity contribution in [1.29, 1.82) is 0 Å². The number of carbonyl (C=O) groups excluding carboxylic acids is 2. The molecular formula is C27H25N3O3. The van der Waals surface area contributed by atoms with Gasteiger partial charge in [0.25, 0.3) is 11.8 Å². The fourth-order valence-corrected chi connectivity index (χ4v) is 4.21. The van der Waals surface area contributed by atoms with Crippen molar-refractivity contribution in [3.8, 4) is 5.75 Å². The summed E-state index contributed by atoms with van der Waals surface area (Å²) in [7, 11) is 1.73. The van der Waals surface area contributed by atoms with Gasteiger partial charge in [-0.25, -0.2) is 0 Å². The first kappa shape index (κ1) is 20.8. The van der Waals surface area contributed by atoms with Crippen molar-refractivity contribution in [3.63, 3.8) is 0 Å². The number of ether oxygens (including phenoxy) is 1. The van der Waals surface area contributed by atoms with Crippen molar-refractivity contribution in [1.82, 2.24) is 4.90 Å². The molecule has 0 atom stereocenters. The minimum Gasteiger partial charge on any atom is -0.449 e. The number of nitrogens with zero attached hydrogens (tertiary/aromatic N) is 3. The van der Waals surface area contributed by atoms with Gasteiger partial charge in [0.15, 0.2) is 11.5 Å². The lowest BCUT2D eigenvalue weighted by Crippen LogP contribution is -2.48. The lowest BCUT2D eigenvalue weighted by atomic mass is 10.1. The molecule has 1 fully saturated rings. The lowest BCUT2D eigenvalue weighted by molar-refractivity contribution is -0.117. The number of hydrogen-bond donors (Lipinski definition) is 0. The van der Waals surface area contributed by atoms with Crippen LogP contribution in [0.15, 0.2) is 84.6 Å². The van der Waals surface area contributed by atoms with Gasteiger partial charge in [0, 0.05) is 44.5 Å². The Morgan fingerprint density at radius 3 is 2.24 bits per heavy atom. The van der Waals surface area contributed by atoms with E-state index in [2.05, 4.69) is 17.0 Å². The highest BCUT2D eigenvalue weighted by molar-refractivity contribution is 6.09. The molecule has 166 valence electrons. The number of likely N-dealkylation sites (N-methyl/N-ethyl adjacent to an activating group) is 1. The van der Waals surface area contributed by atoms with Crippen LogP contribution in [-0.2, 0) is 4.79 Å². The molecule has 6 nitrogen and oxygen atoms in total. The number of para-hydroxylation sites is 3. The summed E-state index contributed by atoms with van der Waals surface area (Å²) in [6, 6.07) is 25.0. The van der Waals surface area contributed by atoms with Crippen LogP contribution in [0, 0.1) is 0 Å². The van der Waals surface area contributed by atoms with Crippen molar-refractivity contribution in [2.24, 2.45) is 0 Å². The molecule has 2 amide bonds. The molecule has 6 heteroatoms. The van der Waals surface area contributed by atoms with Crippen LogP contribution in [0.4, 0.5) is 11.4 Å². The van der Waals surface area contributed by atoms with Crippen LogP contribution in [0.1, 0.15) is 15.9 Å². The van der Waals surface area contributed by atoms with Crippen molar-refractivity contribution >= 4 is 29.3 Å². The zero-order valence-corrected chi connectivity index (χ0v) is 18.5. The molecule has 0 bridgehead atoms. The maximum atomic E-state index is 13.0. The summed E-state index contributed by atoms with van der Waals surface area (Å²) in [5.41, 5.74) is 3.38. The molecule has 0 unspecified atom stereocenters. The summed E-state index contributed by atoms with van der Waals surface area (Å²) < 4.78 is 5.83. The standard InChI is InChI=1S/C27H25N3O3/c1-28-23-9-5-6-10-24(23)33-25(27(28)32)19-20-11-13-21(14-12-20)26(31)30-17-15-29(16-18-30)22-7-3-2-4-8-22/h2-14,19H,15-18H2,1H3. The third-order valence-corrected chi connectivity index (χ3v) is 6.11. The predicted molar refractivity (Wildman–Crippen MR) is 129 cm³/mol. The molecule has 1 saturated heterocycles. The lowest BCUT2D eigenvalue weighted by Gasteiger charge is -2.36. The maximum Gasteiger partial charge on any atom is 0.293 e. The van der Waals surface area contributed by atoms with Gasteiger partial charge in [-0.15, -0.1) is 0 Å². The fourth-order valence-electron chi connectivity index (χ4n) is 4.21. The van der Waals surface area contributed by atoms with Crippen LogP contribution < -0.4 is 14.5 Å². The SMILES string of the molecule is CN1C(=O)C(=Cc2ccc(C(=O)N3CCN(c4ccccc4)CC3)cc2)Oc2ccccc21. The molecular weight excluding hydrogens is 414 g/mol. The van der Waals surface area contributed by atoms with E-state index in [-0.39, 0.29) is 17.6 Å². The minimum absolute atomic E-state index is 0.0283. The second-order valence-corrected chi connectivity index (χ2v) is 8.18. The average molecular weight is 440 g/mol. The molecule has 2 heterocycles. The van der Waals surface area contributed by atoms with Gasteiger partial charge in [0.2, 0.25) is 0 Å². The van der Waals surface area contributed by atoms with Gasteiger partial charge in [-0.3, -0.25) is 9.59 Å². The van der Waals surface area contributed by atoms with Gasteiger partial charge >= 0.3 is 0 Å². The van der Waals surface area contributed by atoms with E-state index in [0.717, 1.165) is 24.3 Å². The number of amides is 2. The molecule has 0 saturated carbocycles. The van der Waals surface area contributed by atoms with Crippen LogP contribution in [0.2, 0.25) is 0 Å². The van der Waals surface area contributed by atoms with Gasteiger partial charge in [0.1, 0.15) is 0 Å². The molecule has 2 aliphatic heterocycles. The van der Waals surface area contributed by atoms with E-state index in [1.54, 1.807) is 18.0 Å². The first-order chi connectivity index (χ1) is 16.1. The third-order valence-electron chi connectivity index (χ3n) is 6.11. The predicted octanol–water partition coefficient (Wildman–Crippen LogP) is 4.05. The van der Waals surface area contributed by atoms with Gasteiger partial charge in [0.05, 0.1) is 5.69 Å². The number of anilines is 2. The van der Waals surface area contributed by atoms with E-state index in [0.29, 0.717) is 24.4 Å². The zero-order chi connectivity index (χ0) is 22.8. The minimum atomic E-state index is -0.204. The number of carbonyl (C=O) groups is 2. The fraction of sp³-hybridized carbons (Fsp3) is 0.185. The summed E-state index contributed by atoms with van der Waals surface area (Å²) in [6.45, 7) is 3.00. The zero-order valence-electron chi connectivity index (χ0n) is 18.5. The van der Waals surface area contributed by atoms with E-state index in [1.807, 2.05) is 71.6 Å².